The Morgan fingerprint density at radius 2 is 2.19 bits per heavy atom. The van der Waals surface area contributed by atoms with Crippen molar-refractivity contribution in [3.8, 4) is 0 Å². The molecule has 21 heavy (non-hydrogen) atoms. The maximum Gasteiger partial charge on any atom is 0.327 e. The van der Waals surface area contributed by atoms with Gasteiger partial charge in [-0.05, 0) is 31.0 Å². The lowest BCUT2D eigenvalue weighted by atomic mass is 10.1. The van der Waals surface area contributed by atoms with E-state index in [-0.39, 0.29) is 11.3 Å². The molecule has 1 fully saturated rings. The maximum absolute atomic E-state index is 12.7. The fourth-order valence-electron chi connectivity index (χ4n) is 2.43. The van der Waals surface area contributed by atoms with E-state index in [4.69, 9.17) is 11.6 Å². The quantitative estimate of drug-likeness (QED) is 0.920. The second kappa shape index (κ2) is 6.71. The summed E-state index contributed by atoms with van der Waals surface area (Å²) in [6, 6.07) is 4.43. The lowest BCUT2D eigenvalue weighted by molar-refractivity contribution is -0.141. The third kappa shape index (κ3) is 3.35. The Balaban J connectivity index is 2.34. The molecule has 4 nitrogen and oxygen atoms in total. The van der Waals surface area contributed by atoms with Crippen molar-refractivity contribution in [3.63, 3.8) is 0 Å². The highest BCUT2D eigenvalue weighted by atomic mass is 35.5. The zero-order chi connectivity index (χ0) is 15.6. The van der Waals surface area contributed by atoms with Gasteiger partial charge in [-0.25, -0.2) is 4.79 Å². The second-order valence-electron chi connectivity index (χ2n) is 5.13. The van der Waals surface area contributed by atoms with Gasteiger partial charge in [0.25, 0.3) is 5.91 Å². The molecule has 0 aromatic heterocycles. The van der Waals surface area contributed by atoms with Crippen molar-refractivity contribution < 1.29 is 14.7 Å². The van der Waals surface area contributed by atoms with Gasteiger partial charge in [0.15, 0.2) is 0 Å². The van der Waals surface area contributed by atoms with Gasteiger partial charge >= 0.3 is 5.97 Å². The topological polar surface area (TPSA) is 57.6 Å². The van der Waals surface area contributed by atoms with Crippen LogP contribution in [0.1, 0.15) is 35.7 Å². The summed E-state index contributed by atoms with van der Waals surface area (Å²) in [4.78, 5) is 25.6. The van der Waals surface area contributed by atoms with Crippen LogP contribution in [0.25, 0.3) is 0 Å². The monoisotopic (exact) mass is 327 g/mol. The first kappa shape index (κ1) is 16.2. The number of nitrogens with zero attached hydrogens (tertiary/aromatic N) is 1. The summed E-state index contributed by atoms with van der Waals surface area (Å²) in [5.41, 5.74) is 1.34. The van der Waals surface area contributed by atoms with Crippen LogP contribution in [0.5, 0.6) is 0 Å². The van der Waals surface area contributed by atoms with Gasteiger partial charge in [0.05, 0.1) is 16.0 Å². The number of amides is 1. The molecule has 1 aliphatic rings. The molecule has 0 saturated carbocycles. The molecular weight excluding hydrogens is 310 g/mol. The highest BCUT2D eigenvalue weighted by Crippen LogP contribution is 2.34. The van der Waals surface area contributed by atoms with Gasteiger partial charge < -0.3 is 10.0 Å². The minimum Gasteiger partial charge on any atom is -0.480 e. The summed E-state index contributed by atoms with van der Waals surface area (Å²) in [5, 5.41) is 9.61. The number of carboxylic acids is 1. The Bertz CT molecular complexity index is 564. The first-order chi connectivity index (χ1) is 9.95. The minimum absolute atomic E-state index is 0.0963. The number of hydrogen-bond acceptors (Lipinski definition) is 3. The lowest BCUT2D eigenvalue weighted by Crippen LogP contribution is -2.45. The molecule has 1 aromatic rings. The zero-order valence-electron chi connectivity index (χ0n) is 12.0. The van der Waals surface area contributed by atoms with Crippen LogP contribution < -0.4 is 0 Å². The number of carboxylic acid groups (broad SMARTS) is 1. The van der Waals surface area contributed by atoms with Gasteiger partial charge in [0, 0.05) is 5.75 Å². The number of hydrogen-bond donors (Lipinski definition) is 1. The number of thioether (sulfide) groups is 1. The molecule has 0 radical (unpaired) electrons. The Hall–Kier alpha value is -1.20. The highest BCUT2D eigenvalue weighted by Gasteiger charge is 2.41. The van der Waals surface area contributed by atoms with E-state index in [0.29, 0.717) is 16.3 Å². The van der Waals surface area contributed by atoms with Crippen LogP contribution in [0.3, 0.4) is 0 Å². The average molecular weight is 328 g/mol. The average Bonchev–Trinajstić information content (AvgIpc) is 2.82. The molecule has 0 aliphatic carbocycles. The molecule has 114 valence electrons. The van der Waals surface area contributed by atoms with Crippen molar-refractivity contribution in [2.75, 3.05) is 5.75 Å². The lowest BCUT2D eigenvalue weighted by Gasteiger charge is -2.27. The van der Waals surface area contributed by atoms with E-state index < -0.39 is 12.0 Å². The first-order valence-electron chi connectivity index (χ1n) is 6.89. The van der Waals surface area contributed by atoms with Crippen LogP contribution in [0, 0.1) is 6.92 Å². The van der Waals surface area contributed by atoms with Gasteiger partial charge in [-0.2, -0.15) is 0 Å². The third-order valence-corrected chi connectivity index (χ3v) is 5.17. The van der Waals surface area contributed by atoms with E-state index in [1.807, 2.05) is 19.9 Å². The highest BCUT2D eigenvalue weighted by molar-refractivity contribution is 8.00. The summed E-state index contributed by atoms with van der Waals surface area (Å²) >= 11 is 7.68. The molecule has 2 unspecified atom stereocenters. The predicted octanol–water partition coefficient (Wildman–Crippen LogP) is 3.42. The Morgan fingerprint density at radius 3 is 2.76 bits per heavy atom. The van der Waals surface area contributed by atoms with Crippen molar-refractivity contribution in [2.45, 2.75) is 38.1 Å². The fraction of sp³-hybridized carbons (Fsp3) is 0.467. The predicted molar refractivity (Wildman–Crippen MR) is 84.9 cm³/mol. The van der Waals surface area contributed by atoms with Gasteiger partial charge in [-0.1, -0.05) is 31.0 Å². The maximum atomic E-state index is 12.7. The van der Waals surface area contributed by atoms with Gasteiger partial charge in [-0.15, -0.1) is 11.8 Å². The van der Waals surface area contributed by atoms with Gasteiger partial charge in [-0.3, -0.25) is 4.79 Å². The molecule has 1 N–H and O–H groups in total. The van der Waals surface area contributed by atoms with Crippen molar-refractivity contribution in [1.29, 1.82) is 0 Å². The van der Waals surface area contributed by atoms with E-state index in [0.717, 1.165) is 18.4 Å². The van der Waals surface area contributed by atoms with E-state index in [2.05, 4.69) is 0 Å². The molecule has 1 aromatic carbocycles. The molecule has 0 spiro atoms. The van der Waals surface area contributed by atoms with E-state index in [1.165, 1.54) is 16.7 Å². The standard InChI is InChI=1S/C15H18ClNO3S/c1-3-4-13-17(12(8-21-13)15(19)20)14(18)10-6-5-9(2)7-11(10)16/h5-7,12-13H,3-4,8H2,1-2H3,(H,19,20). The minimum atomic E-state index is -0.960. The van der Waals surface area contributed by atoms with Gasteiger partial charge in [0.1, 0.15) is 6.04 Å². The largest absolute Gasteiger partial charge is 0.480 e. The van der Waals surface area contributed by atoms with Crippen LogP contribution >= 0.6 is 23.4 Å². The van der Waals surface area contributed by atoms with Crippen LogP contribution in [0.4, 0.5) is 0 Å². The second-order valence-corrected chi connectivity index (χ2v) is 6.74. The number of halogens is 1. The van der Waals surface area contributed by atoms with Crippen LogP contribution in [0.15, 0.2) is 18.2 Å². The van der Waals surface area contributed by atoms with E-state index in [1.54, 1.807) is 12.1 Å². The SMILES string of the molecule is CCCC1SCC(C(=O)O)N1C(=O)c1ccc(C)cc1Cl. The molecule has 0 bridgehead atoms. The van der Waals surface area contributed by atoms with E-state index >= 15 is 0 Å². The third-order valence-electron chi connectivity index (χ3n) is 3.50. The van der Waals surface area contributed by atoms with Crippen LogP contribution in [-0.2, 0) is 4.79 Å². The smallest absolute Gasteiger partial charge is 0.327 e. The summed E-state index contributed by atoms with van der Waals surface area (Å²) in [6.07, 6.45) is 1.68. The normalized spacial score (nSPS) is 21.6. The fourth-order valence-corrected chi connectivity index (χ4v) is 4.26. The van der Waals surface area contributed by atoms with Crippen LogP contribution in [-0.4, -0.2) is 39.1 Å². The van der Waals surface area contributed by atoms with Crippen molar-refractivity contribution >= 4 is 35.2 Å². The van der Waals surface area contributed by atoms with E-state index in [9.17, 15) is 14.7 Å². The zero-order valence-corrected chi connectivity index (χ0v) is 13.6. The van der Waals surface area contributed by atoms with Gasteiger partial charge in [0.2, 0.25) is 0 Å². The summed E-state index contributed by atoms with van der Waals surface area (Å²) in [5.74, 6) is -0.830. The molecule has 1 amide bonds. The summed E-state index contributed by atoms with van der Waals surface area (Å²) in [7, 11) is 0. The molecule has 1 aliphatic heterocycles. The first-order valence-corrected chi connectivity index (χ1v) is 8.31. The Kier molecular flexibility index (Phi) is 5.17. The molecule has 2 rings (SSSR count). The number of carbonyl (C=O) groups is 2. The van der Waals surface area contributed by atoms with Crippen molar-refractivity contribution in [3.05, 3.63) is 34.3 Å². The molecule has 2 atom stereocenters. The number of aryl methyl sites for hydroxylation is 1. The molecule has 6 heteroatoms. The molecule has 1 heterocycles. The number of aliphatic carboxylic acids is 1. The summed E-state index contributed by atoms with van der Waals surface area (Å²) < 4.78 is 0. The van der Waals surface area contributed by atoms with Crippen LogP contribution in [0.2, 0.25) is 5.02 Å². The summed E-state index contributed by atoms with van der Waals surface area (Å²) in [6.45, 7) is 3.92. The number of carbonyl (C=O) groups excluding carboxylic acids is 1. The van der Waals surface area contributed by atoms with Crippen molar-refractivity contribution in [2.24, 2.45) is 0 Å². The number of benzene rings is 1. The molecular formula is C15H18ClNO3S. The molecule has 1 saturated heterocycles. The van der Waals surface area contributed by atoms with Crippen molar-refractivity contribution in [1.82, 2.24) is 4.90 Å². The Morgan fingerprint density at radius 1 is 1.48 bits per heavy atom. The Labute approximate surface area is 133 Å². The number of rotatable bonds is 4.